The summed E-state index contributed by atoms with van der Waals surface area (Å²) in [5.74, 6) is 0.324. The zero-order valence-corrected chi connectivity index (χ0v) is 12.2. The third-order valence-electron chi connectivity index (χ3n) is 2.61. The van der Waals surface area contributed by atoms with Crippen LogP contribution >= 0.6 is 23.5 Å². The molecule has 6 heteroatoms. The van der Waals surface area contributed by atoms with Crippen molar-refractivity contribution in [3.05, 3.63) is 24.3 Å². The van der Waals surface area contributed by atoms with Gasteiger partial charge in [0.2, 0.25) is 5.91 Å². The molecule has 1 aliphatic rings. The maximum absolute atomic E-state index is 11.9. The summed E-state index contributed by atoms with van der Waals surface area (Å²) in [6.07, 6.45) is 2.06. The van der Waals surface area contributed by atoms with E-state index in [-0.39, 0.29) is 18.3 Å². The van der Waals surface area contributed by atoms with E-state index in [9.17, 15) is 9.59 Å². The number of rotatable bonds is 5. The lowest BCUT2D eigenvalue weighted by molar-refractivity contribution is -0.143. The molecule has 1 heterocycles. The summed E-state index contributed by atoms with van der Waals surface area (Å²) < 4.78 is 5.07. The van der Waals surface area contributed by atoms with Crippen molar-refractivity contribution in [3.8, 4) is 0 Å². The molecule has 0 unspecified atom stereocenters. The fourth-order valence-electron chi connectivity index (χ4n) is 1.68. The number of hydrogen-bond acceptors (Lipinski definition) is 5. The van der Waals surface area contributed by atoms with Crippen molar-refractivity contribution in [3.63, 3.8) is 0 Å². The fraction of sp³-hybridized carbons (Fsp3) is 0.385. The Morgan fingerprint density at radius 3 is 3.05 bits per heavy atom. The Kier molecular flexibility index (Phi) is 5.15. The first kappa shape index (κ1) is 14.3. The highest BCUT2D eigenvalue weighted by Gasteiger charge is 2.29. The van der Waals surface area contributed by atoms with Crippen LogP contribution in [0.25, 0.3) is 0 Å². The van der Waals surface area contributed by atoms with Crippen LogP contribution in [0.3, 0.4) is 0 Å². The average Bonchev–Trinajstić information content (AvgIpc) is 2.40. The van der Waals surface area contributed by atoms with Crippen molar-refractivity contribution < 1.29 is 14.3 Å². The van der Waals surface area contributed by atoms with E-state index >= 15 is 0 Å². The zero-order chi connectivity index (χ0) is 13.7. The van der Waals surface area contributed by atoms with Crippen LogP contribution in [0.15, 0.2) is 29.2 Å². The smallest absolute Gasteiger partial charge is 0.307 e. The van der Waals surface area contributed by atoms with Gasteiger partial charge in [0.25, 0.3) is 0 Å². The Bertz CT molecular complexity index is 479. The molecule has 1 atom stereocenters. The SMILES string of the molecule is CSCCOC(=O)C[C@@H]1Sc2ccccc2NC1=O. The van der Waals surface area contributed by atoms with E-state index in [0.29, 0.717) is 6.61 Å². The minimum Gasteiger partial charge on any atom is -0.465 e. The summed E-state index contributed by atoms with van der Waals surface area (Å²) in [6.45, 7) is 0.398. The lowest BCUT2D eigenvalue weighted by atomic mass is 10.2. The van der Waals surface area contributed by atoms with Crippen LogP contribution in [0.2, 0.25) is 0 Å². The van der Waals surface area contributed by atoms with Crippen LogP contribution in [0.5, 0.6) is 0 Å². The number of fused-ring (bicyclic) bond motifs is 1. The van der Waals surface area contributed by atoms with E-state index in [1.807, 2.05) is 30.5 Å². The van der Waals surface area contributed by atoms with Gasteiger partial charge < -0.3 is 10.1 Å². The summed E-state index contributed by atoms with van der Waals surface area (Å²) in [7, 11) is 0. The molecule has 1 aromatic rings. The van der Waals surface area contributed by atoms with Crippen LogP contribution in [0.1, 0.15) is 6.42 Å². The third-order valence-corrected chi connectivity index (χ3v) is 4.46. The van der Waals surface area contributed by atoms with Crippen LogP contribution in [0, 0.1) is 0 Å². The van der Waals surface area contributed by atoms with Crippen LogP contribution in [-0.4, -0.2) is 35.7 Å². The van der Waals surface area contributed by atoms with Gasteiger partial charge in [-0.05, 0) is 18.4 Å². The number of benzene rings is 1. The minimum atomic E-state index is -0.406. The van der Waals surface area contributed by atoms with Gasteiger partial charge in [-0.15, -0.1) is 11.8 Å². The third kappa shape index (κ3) is 3.91. The molecule has 1 aromatic carbocycles. The first-order chi connectivity index (χ1) is 9.20. The molecule has 0 radical (unpaired) electrons. The summed E-state index contributed by atoms with van der Waals surface area (Å²) in [4.78, 5) is 24.5. The summed E-state index contributed by atoms with van der Waals surface area (Å²) in [6, 6.07) is 7.58. The molecule has 19 heavy (non-hydrogen) atoms. The van der Waals surface area contributed by atoms with Gasteiger partial charge in [-0.25, -0.2) is 0 Å². The van der Waals surface area contributed by atoms with Gasteiger partial charge in [-0.2, -0.15) is 11.8 Å². The molecular weight excluding hydrogens is 282 g/mol. The number of esters is 1. The number of carbonyl (C=O) groups excluding carboxylic acids is 2. The normalized spacial score (nSPS) is 17.5. The minimum absolute atomic E-state index is 0.110. The maximum Gasteiger partial charge on any atom is 0.307 e. The van der Waals surface area contributed by atoms with Gasteiger partial charge in [0, 0.05) is 10.6 Å². The highest BCUT2D eigenvalue weighted by atomic mass is 32.2. The van der Waals surface area contributed by atoms with E-state index in [1.165, 1.54) is 11.8 Å². The molecule has 0 fully saturated rings. The quantitative estimate of drug-likeness (QED) is 0.668. The molecule has 0 saturated carbocycles. The second kappa shape index (κ2) is 6.86. The zero-order valence-electron chi connectivity index (χ0n) is 10.5. The average molecular weight is 297 g/mol. The lowest BCUT2D eigenvalue weighted by Gasteiger charge is -2.23. The number of ether oxygens (including phenoxy) is 1. The summed E-state index contributed by atoms with van der Waals surface area (Å²) in [5.41, 5.74) is 0.810. The van der Waals surface area contributed by atoms with Crippen molar-refractivity contribution in [1.29, 1.82) is 0 Å². The molecule has 0 spiro atoms. The number of carbonyl (C=O) groups is 2. The maximum atomic E-state index is 11.9. The van der Waals surface area contributed by atoms with Crippen LogP contribution in [0.4, 0.5) is 5.69 Å². The van der Waals surface area contributed by atoms with Crippen molar-refractivity contribution in [2.45, 2.75) is 16.6 Å². The second-order valence-electron chi connectivity index (χ2n) is 4.01. The van der Waals surface area contributed by atoms with Gasteiger partial charge in [0.05, 0.1) is 17.4 Å². The Hall–Kier alpha value is -1.14. The largest absolute Gasteiger partial charge is 0.465 e. The summed E-state index contributed by atoms with van der Waals surface area (Å²) in [5, 5.41) is 2.41. The molecule has 4 nitrogen and oxygen atoms in total. The summed E-state index contributed by atoms with van der Waals surface area (Å²) >= 11 is 3.03. The fourth-order valence-corrected chi connectivity index (χ4v) is 3.02. The van der Waals surface area contributed by atoms with E-state index in [2.05, 4.69) is 5.32 Å². The van der Waals surface area contributed by atoms with Crippen molar-refractivity contribution >= 4 is 41.1 Å². The second-order valence-corrected chi connectivity index (χ2v) is 6.24. The molecule has 1 amide bonds. The standard InChI is InChI=1S/C13H15NO3S2/c1-18-7-6-17-12(15)8-11-13(16)14-9-4-2-3-5-10(9)19-11/h2-5,11H,6-8H2,1H3,(H,14,16)/t11-/m0/s1. The van der Waals surface area contributed by atoms with E-state index in [1.54, 1.807) is 11.8 Å². The highest BCUT2D eigenvalue weighted by molar-refractivity contribution is 8.01. The molecule has 0 saturated heterocycles. The molecule has 2 rings (SSSR count). The van der Waals surface area contributed by atoms with Crippen LogP contribution in [-0.2, 0) is 14.3 Å². The molecule has 1 N–H and O–H groups in total. The monoisotopic (exact) mass is 297 g/mol. The lowest BCUT2D eigenvalue weighted by Crippen LogP contribution is -2.31. The van der Waals surface area contributed by atoms with Gasteiger partial charge in [0.1, 0.15) is 6.61 Å². The van der Waals surface area contributed by atoms with Gasteiger partial charge in [-0.3, -0.25) is 9.59 Å². The highest BCUT2D eigenvalue weighted by Crippen LogP contribution is 2.36. The Labute approximate surface area is 120 Å². The molecular formula is C13H15NO3S2. The van der Waals surface area contributed by atoms with Gasteiger partial charge >= 0.3 is 5.97 Å². The van der Waals surface area contributed by atoms with Crippen LogP contribution < -0.4 is 5.32 Å². The number of para-hydroxylation sites is 1. The number of thioether (sulfide) groups is 2. The predicted molar refractivity (Wildman–Crippen MR) is 78.7 cm³/mol. The first-order valence-electron chi connectivity index (χ1n) is 5.92. The Morgan fingerprint density at radius 2 is 2.26 bits per heavy atom. The Morgan fingerprint density at radius 1 is 1.47 bits per heavy atom. The number of nitrogens with one attached hydrogen (secondary N) is 1. The van der Waals surface area contributed by atoms with Gasteiger partial charge in [0.15, 0.2) is 0 Å². The van der Waals surface area contributed by atoms with E-state index in [4.69, 9.17) is 4.74 Å². The van der Waals surface area contributed by atoms with Crippen molar-refractivity contribution in [1.82, 2.24) is 0 Å². The number of anilines is 1. The van der Waals surface area contributed by atoms with E-state index < -0.39 is 5.25 Å². The molecule has 1 aliphatic heterocycles. The van der Waals surface area contributed by atoms with Crippen molar-refractivity contribution in [2.24, 2.45) is 0 Å². The predicted octanol–water partition coefficient (Wildman–Crippen LogP) is 2.40. The molecule has 0 aliphatic carbocycles. The van der Waals surface area contributed by atoms with Crippen molar-refractivity contribution in [2.75, 3.05) is 23.9 Å². The number of hydrogen-bond donors (Lipinski definition) is 1. The number of amides is 1. The molecule has 0 aromatic heterocycles. The topological polar surface area (TPSA) is 55.4 Å². The van der Waals surface area contributed by atoms with Gasteiger partial charge in [-0.1, -0.05) is 12.1 Å². The molecule has 102 valence electrons. The first-order valence-corrected chi connectivity index (χ1v) is 8.19. The Balaban J connectivity index is 1.92. The molecule has 0 bridgehead atoms. The van der Waals surface area contributed by atoms with E-state index in [0.717, 1.165) is 16.3 Å².